The van der Waals surface area contributed by atoms with Crippen molar-refractivity contribution in [2.24, 2.45) is 0 Å². The van der Waals surface area contributed by atoms with Crippen molar-refractivity contribution in [2.75, 3.05) is 7.05 Å². The molecule has 0 radical (unpaired) electrons. The molecule has 2 rings (SSSR count). The first-order valence-corrected chi connectivity index (χ1v) is 6.89. The molecule has 0 saturated heterocycles. The van der Waals surface area contributed by atoms with Gasteiger partial charge in [-0.1, -0.05) is 37.6 Å². The lowest BCUT2D eigenvalue weighted by Gasteiger charge is -2.00. The third-order valence-electron chi connectivity index (χ3n) is 2.67. The Morgan fingerprint density at radius 3 is 2.65 bits per heavy atom. The first-order valence-electron chi connectivity index (χ1n) is 6.01. The van der Waals surface area contributed by atoms with Gasteiger partial charge in [0.05, 0.1) is 5.69 Å². The molecule has 17 heavy (non-hydrogen) atoms. The van der Waals surface area contributed by atoms with Crippen molar-refractivity contribution in [2.45, 2.75) is 26.3 Å². The Kier molecular flexibility index (Phi) is 4.29. The highest BCUT2D eigenvalue weighted by Crippen LogP contribution is 2.22. The van der Waals surface area contributed by atoms with Crippen LogP contribution >= 0.6 is 11.3 Å². The Balaban J connectivity index is 2.15. The number of thiazole rings is 1. The molecule has 1 N–H and O–H groups in total. The van der Waals surface area contributed by atoms with Gasteiger partial charge < -0.3 is 5.32 Å². The second kappa shape index (κ2) is 5.94. The van der Waals surface area contributed by atoms with Gasteiger partial charge in [-0.15, -0.1) is 11.3 Å². The Labute approximate surface area is 107 Å². The third kappa shape index (κ3) is 3.14. The maximum Gasteiger partial charge on any atom is 0.107 e. The lowest BCUT2D eigenvalue weighted by Crippen LogP contribution is -2.04. The van der Waals surface area contributed by atoms with E-state index in [1.165, 1.54) is 17.5 Å². The van der Waals surface area contributed by atoms with Crippen LogP contribution < -0.4 is 5.32 Å². The summed E-state index contributed by atoms with van der Waals surface area (Å²) in [7, 11) is 1.95. The van der Waals surface area contributed by atoms with E-state index in [2.05, 4.69) is 46.9 Å². The molecule has 0 aliphatic rings. The Bertz CT molecular complexity index is 459. The number of nitrogens with one attached hydrogen (secondary N) is 1. The molecule has 0 aliphatic carbocycles. The molecule has 0 spiro atoms. The van der Waals surface area contributed by atoms with E-state index in [1.807, 2.05) is 7.05 Å². The normalized spacial score (nSPS) is 10.7. The fourth-order valence-electron chi connectivity index (χ4n) is 1.81. The second-order valence-electron chi connectivity index (χ2n) is 4.10. The minimum Gasteiger partial charge on any atom is -0.314 e. The van der Waals surface area contributed by atoms with Crippen LogP contribution in [-0.2, 0) is 13.0 Å². The van der Waals surface area contributed by atoms with Crippen LogP contribution in [0.5, 0.6) is 0 Å². The first kappa shape index (κ1) is 12.3. The number of rotatable bonds is 5. The minimum absolute atomic E-state index is 0.846. The minimum atomic E-state index is 0.846. The largest absolute Gasteiger partial charge is 0.314 e. The lowest BCUT2D eigenvalue weighted by atomic mass is 10.1. The highest BCUT2D eigenvalue weighted by atomic mass is 32.1. The summed E-state index contributed by atoms with van der Waals surface area (Å²) in [6, 6.07) is 8.75. The van der Waals surface area contributed by atoms with E-state index in [0.29, 0.717) is 0 Å². The third-order valence-corrected chi connectivity index (χ3v) is 3.52. The van der Waals surface area contributed by atoms with Crippen molar-refractivity contribution < 1.29 is 0 Å². The van der Waals surface area contributed by atoms with Crippen molar-refractivity contribution in [3.8, 4) is 11.3 Å². The second-order valence-corrected chi connectivity index (χ2v) is 5.05. The molecule has 2 aromatic rings. The summed E-state index contributed by atoms with van der Waals surface area (Å²) in [6.07, 6.45) is 2.35. The highest BCUT2D eigenvalue weighted by molar-refractivity contribution is 7.09. The average molecular weight is 246 g/mol. The maximum atomic E-state index is 4.60. The number of hydrogen-bond acceptors (Lipinski definition) is 3. The smallest absolute Gasteiger partial charge is 0.107 e. The molecule has 0 atom stereocenters. The molecule has 2 nitrogen and oxygen atoms in total. The number of nitrogens with zero attached hydrogens (tertiary/aromatic N) is 1. The summed E-state index contributed by atoms with van der Waals surface area (Å²) in [5.41, 5.74) is 3.70. The molecule has 1 aromatic carbocycles. The predicted molar refractivity (Wildman–Crippen MR) is 74.3 cm³/mol. The van der Waals surface area contributed by atoms with Crippen LogP contribution in [0.4, 0.5) is 0 Å². The number of aryl methyl sites for hydroxylation is 1. The Morgan fingerprint density at radius 1 is 1.24 bits per heavy atom. The van der Waals surface area contributed by atoms with E-state index in [0.717, 1.165) is 23.7 Å². The molecule has 0 amide bonds. The molecular formula is C14H18N2S. The number of benzene rings is 1. The van der Waals surface area contributed by atoms with Gasteiger partial charge in [0.2, 0.25) is 0 Å². The van der Waals surface area contributed by atoms with Crippen LogP contribution in [0.15, 0.2) is 29.6 Å². The van der Waals surface area contributed by atoms with Crippen molar-refractivity contribution in [1.82, 2.24) is 10.3 Å². The standard InChI is InChI=1S/C14H18N2S/c1-3-4-11-5-7-12(8-6-11)13-10-17-14(16-13)9-15-2/h5-8,10,15H,3-4,9H2,1-2H3. The summed E-state index contributed by atoms with van der Waals surface area (Å²) in [6.45, 7) is 3.05. The zero-order valence-electron chi connectivity index (χ0n) is 10.4. The van der Waals surface area contributed by atoms with E-state index in [-0.39, 0.29) is 0 Å². The fraction of sp³-hybridized carbons (Fsp3) is 0.357. The van der Waals surface area contributed by atoms with Crippen molar-refractivity contribution >= 4 is 11.3 Å². The fourth-order valence-corrected chi connectivity index (χ4v) is 2.62. The van der Waals surface area contributed by atoms with Gasteiger partial charge in [0.1, 0.15) is 5.01 Å². The molecule has 0 unspecified atom stereocenters. The van der Waals surface area contributed by atoms with Crippen molar-refractivity contribution in [1.29, 1.82) is 0 Å². The Hall–Kier alpha value is -1.19. The molecule has 0 bridgehead atoms. The Morgan fingerprint density at radius 2 is 2.00 bits per heavy atom. The molecule has 0 aliphatic heterocycles. The predicted octanol–water partition coefficient (Wildman–Crippen LogP) is 3.48. The van der Waals surface area contributed by atoms with E-state index in [4.69, 9.17) is 0 Å². The van der Waals surface area contributed by atoms with Gasteiger partial charge in [0.15, 0.2) is 0 Å². The van der Waals surface area contributed by atoms with Gasteiger partial charge in [0, 0.05) is 17.5 Å². The van der Waals surface area contributed by atoms with Crippen LogP contribution in [0.25, 0.3) is 11.3 Å². The molecule has 90 valence electrons. The zero-order valence-corrected chi connectivity index (χ0v) is 11.2. The van der Waals surface area contributed by atoms with Gasteiger partial charge >= 0.3 is 0 Å². The zero-order chi connectivity index (χ0) is 12.1. The lowest BCUT2D eigenvalue weighted by molar-refractivity contribution is 0.811. The summed E-state index contributed by atoms with van der Waals surface area (Å²) in [5.74, 6) is 0. The van der Waals surface area contributed by atoms with Gasteiger partial charge in [-0.05, 0) is 19.0 Å². The van der Waals surface area contributed by atoms with Crippen LogP contribution in [-0.4, -0.2) is 12.0 Å². The summed E-state index contributed by atoms with van der Waals surface area (Å²) < 4.78 is 0. The number of aromatic nitrogens is 1. The van der Waals surface area contributed by atoms with Crippen LogP contribution in [0.2, 0.25) is 0 Å². The summed E-state index contributed by atoms with van der Waals surface area (Å²) in [5, 5.41) is 6.39. The maximum absolute atomic E-state index is 4.60. The quantitative estimate of drug-likeness (QED) is 0.873. The average Bonchev–Trinajstić information content (AvgIpc) is 2.80. The molecular weight excluding hydrogens is 228 g/mol. The molecule has 3 heteroatoms. The SMILES string of the molecule is CCCc1ccc(-c2csc(CNC)n2)cc1. The van der Waals surface area contributed by atoms with Crippen LogP contribution in [0, 0.1) is 0 Å². The van der Waals surface area contributed by atoms with E-state index in [1.54, 1.807) is 11.3 Å². The summed E-state index contributed by atoms with van der Waals surface area (Å²) >= 11 is 1.71. The monoisotopic (exact) mass is 246 g/mol. The van der Waals surface area contributed by atoms with E-state index >= 15 is 0 Å². The van der Waals surface area contributed by atoms with Crippen LogP contribution in [0.1, 0.15) is 23.9 Å². The van der Waals surface area contributed by atoms with Gasteiger partial charge in [-0.3, -0.25) is 0 Å². The topological polar surface area (TPSA) is 24.9 Å². The van der Waals surface area contributed by atoms with Crippen LogP contribution in [0.3, 0.4) is 0 Å². The first-order chi connectivity index (χ1) is 8.33. The molecule has 1 aromatic heterocycles. The highest BCUT2D eigenvalue weighted by Gasteiger charge is 2.03. The number of hydrogen-bond donors (Lipinski definition) is 1. The molecule has 1 heterocycles. The van der Waals surface area contributed by atoms with E-state index in [9.17, 15) is 0 Å². The molecule has 0 fully saturated rings. The molecule has 0 saturated carbocycles. The van der Waals surface area contributed by atoms with Crippen molar-refractivity contribution in [3.05, 3.63) is 40.2 Å². The van der Waals surface area contributed by atoms with Crippen molar-refractivity contribution in [3.63, 3.8) is 0 Å². The van der Waals surface area contributed by atoms with Gasteiger partial charge in [0.25, 0.3) is 0 Å². The summed E-state index contributed by atoms with van der Waals surface area (Å²) in [4.78, 5) is 4.60. The van der Waals surface area contributed by atoms with E-state index < -0.39 is 0 Å². The van der Waals surface area contributed by atoms with Gasteiger partial charge in [-0.2, -0.15) is 0 Å². The van der Waals surface area contributed by atoms with Gasteiger partial charge in [-0.25, -0.2) is 4.98 Å².